The van der Waals surface area contributed by atoms with E-state index in [2.05, 4.69) is 27.5 Å². The van der Waals surface area contributed by atoms with E-state index in [4.69, 9.17) is 4.74 Å². The van der Waals surface area contributed by atoms with Crippen LogP contribution in [0, 0.1) is 0 Å². The average molecular weight is 509 g/mol. The van der Waals surface area contributed by atoms with E-state index in [0.717, 1.165) is 40.8 Å². The molecule has 0 unspecified atom stereocenters. The summed E-state index contributed by atoms with van der Waals surface area (Å²) in [4.78, 5) is 26.1. The van der Waals surface area contributed by atoms with E-state index in [0.29, 0.717) is 29.4 Å². The average Bonchev–Trinajstić information content (AvgIpc) is 3.58. The number of ether oxygens (including phenoxy) is 1. The predicted molar refractivity (Wildman–Crippen MR) is 145 cm³/mol. The number of nitrogens with zero attached hydrogens (tertiary/aromatic N) is 5. The summed E-state index contributed by atoms with van der Waals surface area (Å²) in [6.45, 7) is 3.97. The molecule has 9 heteroatoms. The first-order chi connectivity index (χ1) is 18.5. The zero-order valence-corrected chi connectivity index (χ0v) is 21.5. The van der Waals surface area contributed by atoms with E-state index in [1.807, 2.05) is 54.7 Å². The summed E-state index contributed by atoms with van der Waals surface area (Å²) in [5.41, 5.74) is 5.45. The van der Waals surface area contributed by atoms with Gasteiger partial charge in [0, 0.05) is 23.0 Å². The molecule has 1 N–H and O–H groups in total. The van der Waals surface area contributed by atoms with Crippen molar-refractivity contribution in [1.29, 1.82) is 0 Å². The van der Waals surface area contributed by atoms with Gasteiger partial charge in [-0.2, -0.15) is 5.21 Å². The normalized spacial score (nSPS) is 11.0. The third kappa shape index (κ3) is 4.66. The first kappa shape index (κ1) is 24.9. The smallest absolute Gasteiger partial charge is 0.333 e. The number of nitrogens with one attached hydrogen (secondary N) is 1. The quantitative estimate of drug-likeness (QED) is 0.289. The maximum Gasteiger partial charge on any atom is 0.333 e. The van der Waals surface area contributed by atoms with Crippen molar-refractivity contribution >= 4 is 5.78 Å². The number of aromatic nitrogens is 6. The van der Waals surface area contributed by atoms with Gasteiger partial charge >= 0.3 is 5.69 Å². The number of imidazole rings is 1. The number of para-hydroxylation sites is 1. The highest BCUT2D eigenvalue weighted by atomic mass is 16.5. The lowest BCUT2D eigenvalue weighted by Gasteiger charge is -2.12. The van der Waals surface area contributed by atoms with Gasteiger partial charge in [0.2, 0.25) is 5.82 Å². The Morgan fingerprint density at radius 1 is 1.00 bits per heavy atom. The van der Waals surface area contributed by atoms with Crippen molar-refractivity contribution in [1.82, 2.24) is 29.8 Å². The lowest BCUT2D eigenvalue weighted by atomic mass is 9.98. The van der Waals surface area contributed by atoms with Gasteiger partial charge in [0.25, 0.3) is 0 Å². The fourth-order valence-corrected chi connectivity index (χ4v) is 4.71. The van der Waals surface area contributed by atoms with Gasteiger partial charge in [-0.05, 0) is 47.4 Å². The third-order valence-electron chi connectivity index (χ3n) is 6.53. The van der Waals surface area contributed by atoms with Gasteiger partial charge in [-0.25, -0.2) is 4.79 Å². The van der Waals surface area contributed by atoms with E-state index in [1.165, 1.54) is 18.6 Å². The maximum absolute atomic E-state index is 13.7. The van der Waals surface area contributed by atoms with Crippen molar-refractivity contribution < 1.29 is 9.53 Å². The van der Waals surface area contributed by atoms with Crippen molar-refractivity contribution in [2.24, 2.45) is 0 Å². The van der Waals surface area contributed by atoms with Crippen LogP contribution in [0.2, 0.25) is 0 Å². The molecule has 2 heterocycles. The Hall–Kier alpha value is -4.79. The number of rotatable bonds is 9. The molecule has 0 saturated heterocycles. The van der Waals surface area contributed by atoms with Crippen LogP contribution in [0.15, 0.2) is 77.7 Å². The van der Waals surface area contributed by atoms with Gasteiger partial charge in [-0.1, -0.05) is 67.9 Å². The molecule has 9 nitrogen and oxygen atoms in total. The molecule has 0 saturated carbocycles. The van der Waals surface area contributed by atoms with Crippen molar-refractivity contribution in [2.45, 2.75) is 33.2 Å². The number of carbonyl (C=O) groups is 1. The second kappa shape index (κ2) is 10.7. The van der Waals surface area contributed by atoms with E-state index in [-0.39, 0.29) is 11.5 Å². The standard InChI is InChI=1S/C29H28N6O3/c1-4-8-22-18-35(27-23(19(2)36)11-7-12-26(27)38-3)29(37)34(22)17-20-13-15-21(16-14-20)24-9-5-6-10-25(24)28-30-32-33-31-28/h5-7,9-16,18H,4,8,17H2,1-3H3,(H,30,31,32,33). The molecule has 5 aromatic rings. The summed E-state index contributed by atoms with van der Waals surface area (Å²) in [5, 5.41) is 14.4. The summed E-state index contributed by atoms with van der Waals surface area (Å²) in [7, 11) is 1.54. The topological polar surface area (TPSA) is 108 Å². The van der Waals surface area contributed by atoms with Crippen LogP contribution in [-0.4, -0.2) is 42.7 Å². The third-order valence-corrected chi connectivity index (χ3v) is 6.53. The summed E-state index contributed by atoms with van der Waals surface area (Å²) >= 11 is 0. The Morgan fingerprint density at radius 2 is 1.76 bits per heavy atom. The number of benzene rings is 3. The first-order valence-electron chi connectivity index (χ1n) is 12.4. The highest BCUT2D eigenvalue weighted by Gasteiger charge is 2.20. The second-order valence-corrected chi connectivity index (χ2v) is 9.00. The number of aryl methyl sites for hydroxylation is 1. The molecule has 192 valence electrons. The zero-order chi connectivity index (χ0) is 26.6. The molecule has 0 amide bonds. The molecule has 0 atom stereocenters. The van der Waals surface area contributed by atoms with Crippen LogP contribution in [0.25, 0.3) is 28.2 Å². The van der Waals surface area contributed by atoms with Crippen LogP contribution in [0.1, 0.15) is 41.9 Å². The molecular weight excluding hydrogens is 480 g/mol. The summed E-state index contributed by atoms with van der Waals surface area (Å²) < 4.78 is 8.83. The molecule has 38 heavy (non-hydrogen) atoms. The van der Waals surface area contributed by atoms with Gasteiger partial charge in [0.1, 0.15) is 11.4 Å². The van der Waals surface area contributed by atoms with Crippen LogP contribution < -0.4 is 10.4 Å². The van der Waals surface area contributed by atoms with Gasteiger partial charge in [-0.15, -0.1) is 10.2 Å². The van der Waals surface area contributed by atoms with Crippen LogP contribution in [0.4, 0.5) is 0 Å². The number of aromatic amines is 1. The molecule has 5 rings (SSSR count). The number of tetrazole rings is 1. The number of ketones is 1. The van der Waals surface area contributed by atoms with Gasteiger partial charge in [0.15, 0.2) is 5.78 Å². The van der Waals surface area contributed by atoms with E-state index >= 15 is 0 Å². The fourth-order valence-electron chi connectivity index (χ4n) is 4.71. The van der Waals surface area contributed by atoms with Gasteiger partial charge in [0.05, 0.1) is 13.7 Å². The Balaban J connectivity index is 1.52. The summed E-state index contributed by atoms with van der Waals surface area (Å²) in [6.07, 6.45) is 3.43. The highest BCUT2D eigenvalue weighted by Crippen LogP contribution is 2.30. The van der Waals surface area contributed by atoms with Gasteiger partial charge < -0.3 is 4.74 Å². The van der Waals surface area contributed by atoms with Crippen LogP contribution in [0.5, 0.6) is 5.75 Å². The van der Waals surface area contributed by atoms with E-state index in [9.17, 15) is 9.59 Å². The molecule has 0 aliphatic heterocycles. The van der Waals surface area contributed by atoms with E-state index in [1.54, 1.807) is 22.8 Å². The molecule has 0 aliphatic carbocycles. The fraction of sp³-hybridized carbons (Fsp3) is 0.207. The highest BCUT2D eigenvalue weighted by molar-refractivity contribution is 5.98. The Bertz CT molecular complexity index is 1630. The van der Waals surface area contributed by atoms with Gasteiger partial charge in [-0.3, -0.25) is 13.9 Å². The second-order valence-electron chi connectivity index (χ2n) is 9.00. The summed E-state index contributed by atoms with van der Waals surface area (Å²) in [5.74, 6) is 0.875. The van der Waals surface area contributed by atoms with Crippen LogP contribution >= 0.6 is 0 Å². The van der Waals surface area contributed by atoms with Crippen molar-refractivity contribution in [2.75, 3.05) is 7.11 Å². The number of hydrogen-bond donors (Lipinski definition) is 1. The summed E-state index contributed by atoms with van der Waals surface area (Å²) in [6, 6.07) is 21.2. The van der Waals surface area contributed by atoms with Crippen LogP contribution in [0.3, 0.4) is 0 Å². The lowest BCUT2D eigenvalue weighted by molar-refractivity contribution is 0.101. The Kier molecular flexibility index (Phi) is 6.99. The molecule has 0 aliphatic rings. The molecule has 0 fully saturated rings. The molecule has 0 spiro atoms. The number of Topliss-reactive ketones (excluding diaryl/α,β-unsaturated/α-hetero) is 1. The minimum Gasteiger partial charge on any atom is -0.495 e. The molecular formula is C29H28N6O3. The monoisotopic (exact) mass is 508 g/mol. The number of carbonyl (C=O) groups excluding carboxylic acids is 1. The van der Waals surface area contributed by atoms with E-state index < -0.39 is 0 Å². The number of methoxy groups -OCH3 is 1. The van der Waals surface area contributed by atoms with Crippen molar-refractivity contribution in [3.05, 3.63) is 100 Å². The molecule has 0 radical (unpaired) electrons. The molecule has 2 aromatic heterocycles. The molecule has 3 aromatic carbocycles. The SMILES string of the molecule is CCCc1cn(-c2c(OC)cccc2C(C)=O)c(=O)n1Cc1ccc(-c2ccccc2-c2nn[nH]n2)cc1. The van der Waals surface area contributed by atoms with Crippen LogP contribution in [-0.2, 0) is 13.0 Å². The van der Waals surface area contributed by atoms with Crippen molar-refractivity contribution in [3.63, 3.8) is 0 Å². The number of hydrogen-bond acceptors (Lipinski definition) is 6. The maximum atomic E-state index is 13.7. The zero-order valence-electron chi connectivity index (χ0n) is 21.5. The Morgan fingerprint density at radius 3 is 2.42 bits per heavy atom. The van der Waals surface area contributed by atoms with Crippen molar-refractivity contribution in [3.8, 4) is 34.0 Å². The number of H-pyrrole nitrogens is 1. The minimum absolute atomic E-state index is 0.132. The molecule has 0 bridgehead atoms. The predicted octanol–water partition coefficient (Wildman–Crippen LogP) is 4.70. The first-order valence-corrected chi connectivity index (χ1v) is 12.4. The minimum atomic E-state index is -0.216. The Labute approximate surface area is 219 Å². The lowest BCUT2D eigenvalue weighted by Crippen LogP contribution is -2.26. The largest absolute Gasteiger partial charge is 0.495 e.